The molecule has 4 nitrogen and oxygen atoms in total. The molecule has 2 heterocycles. The van der Waals surface area contributed by atoms with Gasteiger partial charge in [-0.25, -0.2) is 4.98 Å². The van der Waals surface area contributed by atoms with E-state index in [1.54, 1.807) is 24.2 Å². The summed E-state index contributed by atoms with van der Waals surface area (Å²) in [7, 11) is 0. The van der Waals surface area contributed by atoms with E-state index < -0.39 is 0 Å². The van der Waals surface area contributed by atoms with Gasteiger partial charge in [0.1, 0.15) is 5.82 Å². The van der Waals surface area contributed by atoms with E-state index in [4.69, 9.17) is 0 Å². The van der Waals surface area contributed by atoms with Gasteiger partial charge in [0, 0.05) is 36.0 Å². The van der Waals surface area contributed by atoms with Crippen LogP contribution < -0.4 is 5.32 Å². The first-order valence-corrected chi connectivity index (χ1v) is 7.31. The number of aromatic nitrogens is 2. The van der Waals surface area contributed by atoms with Crippen molar-refractivity contribution in [2.24, 2.45) is 0 Å². The Bertz CT molecular complexity index is 568. The highest BCUT2D eigenvalue weighted by molar-refractivity contribution is 7.99. The second-order valence-corrected chi connectivity index (χ2v) is 5.54. The number of amides is 1. The van der Waals surface area contributed by atoms with Gasteiger partial charge in [-0.3, -0.25) is 4.79 Å². The maximum absolute atomic E-state index is 12.2. The topological polar surface area (TPSA) is 57.8 Å². The summed E-state index contributed by atoms with van der Waals surface area (Å²) in [6, 6.07) is 8.14. The molecular weight excluding hydrogens is 258 g/mol. The average Bonchev–Trinajstić information content (AvgIpc) is 3.07. The first kappa shape index (κ1) is 12.3. The van der Waals surface area contributed by atoms with Crippen molar-refractivity contribution in [3.05, 3.63) is 48.0 Å². The molecule has 1 aromatic heterocycles. The van der Waals surface area contributed by atoms with E-state index in [1.165, 1.54) is 4.90 Å². The summed E-state index contributed by atoms with van der Waals surface area (Å²) in [6.07, 6.45) is 4.25. The van der Waals surface area contributed by atoms with Crippen LogP contribution in [0.5, 0.6) is 0 Å². The summed E-state index contributed by atoms with van der Waals surface area (Å²) in [6.45, 7) is 0.621. The van der Waals surface area contributed by atoms with Crippen LogP contribution in [0.1, 0.15) is 17.3 Å². The summed E-state index contributed by atoms with van der Waals surface area (Å²) >= 11 is 1.76. The van der Waals surface area contributed by atoms with Crippen molar-refractivity contribution in [2.75, 3.05) is 12.3 Å². The molecule has 98 valence electrons. The fourth-order valence-corrected chi connectivity index (χ4v) is 3.47. The van der Waals surface area contributed by atoms with E-state index in [1.807, 2.05) is 18.2 Å². The minimum absolute atomic E-state index is 0.0159. The monoisotopic (exact) mass is 273 g/mol. The Labute approximate surface area is 116 Å². The van der Waals surface area contributed by atoms with Gasteiger partial charge in [0.05, 0.1) is 5.92 Å². The van der Waals surface area contributed by atoms with Gasteiger partial charge < -0.3 is 10.3 Å². The number of H-pyrrole nitrogens is 1. The second kappa shape index (κ2) is 5.48. The van der Waals surface area contributed by atoms with Crippen LogP contribution in [-0.4, -0.2) is 28.2 Å². The Morgan fingerprint density at radius 2 is 2.37 bits per heavy atom. The number of nitrogens with one attached hydrogen (secondary N) is 2. The lowest BCUT2D eigenvalue weighted by molar-refractivity contribution is -0.122. The molecule has 0 bridgehead atoms. The van der Waals surface area contributed by atoms with Crippen LogP contribution in [0, 0.1) is 0 Å². The minimum atomic E-state index is -0.0159. The maximum atomic E-state index is 12.2. The zero-order chi connectivity index (χ0) is 13.1. The third-order valence-corrected chi connectivity index (χ3v) is 4.42. The smallest absolute Gasteiger partial charge is 0.228 e. The van der Waals surface area contributed by atoms with Gasteiger partial charge in [-0.15, -0.1) is 11.8 Å². The van der Waals surface area contributed by atoms with Crippen LogP contribution in [-0.2, 0) is 11.2 Å². The number of thioether (sulfide) groups is 1. The normalized spacial score (nSPS) is 17.2. The predicted octanol–water partition coefficient (Wildman–Crippen LogP) is 1.96. The van der Waals surface area contributed by atoms with E-state index >= 15 is 0 Å². The Kier molecular flexibility index (Phi) is 3.55. The number of imidazole rings is 1. The van der Waals surface area contributed by atoms with E-state index in [0.717, 1.165) is 23.6 Å². The fraction of sp³-hybridized carbons (Fsp3) is 0.286. The highest BCUT2D eigenvalue weighted by atomic mass is 32.2. The zero-order valence-corrected chi connectivity index (χ0v) is 11.2. The molecule has 1 aromatic carbocycles. The molecule has 1 aliphatic rings. The lowest BCUT2D eigenvalue weighted by atomic mass is 10.0. The SMILES string of the molecule is O=C(NCCc1ncc[nH]1)C1CSc2ccccc21. The molecule has 2 N–H and O–H groups in total. The van der Waals surface area contributed by atoms with Crippen molar-refractivity contribution in [3.63, 3.8) is 0 Å². The van der Waals surface area contributed by atoms with Crippen LogP contribution in [0.4, 0.5) is 0 Å². The van der Waals surface area contributed by atoms with Crippen LogP contribution in [0.15, 0.2) is 41.6 Å². The van der Waals surface area contributed by atoms with Crippen molar-refractivity contribution < 1.29 is 4.79 Å². The number of carbonyl (C=O) groups is 1. The molecule has 1 atom stereocenters. The molecule has 0 saturated heterocycles. The summed E-state index contributed by atoms with van der Waals surface area (Å²) in [5.74, 6) is 1.84. The van der Waals surface area contributed by atoms with Crippen molar-refractivity contribution in [2.45, 2.75) is 17.2 Å². The summed E-state index contributed by atoms with van der Waals surface area (Å²) in [4.78, 5) is 20.6. The third-order valence-electron chi connectivity index (χ3n) is 3.23. The molecule has 3 rings (SSSR count). The Morgan fingerprint density at radius 1 is 1.47 bits per heavy atom. The minimum Gasteiger partial charge on any atom is -0.355 e. The Hall–Kier alpha value is -1.75. The van der Waals surface area contributed by atoms with E-state index in [2.05, 4.69) is 21.4 Å². The van der Waals surface area contributed by atoms with Crippen molar-refractivity contribution >= 4 is 17.7 Å². The molecule has 0 aliphatic carbocycles. The molecule has 2 aromatic rings. The molecule has 0 radical (unpaired) electrons. The van der Waals surface area contributed by atoms with E-state index in [9.17, 15) is 4.79 Å². The lowest BCUT2D eigenvalue weighted by Crippen LogP contribution is -2.31. The number of fused-ring (bicyclic) bond motifs is 1. The molecule has 0 spiro atoms. The van der Waals surface area contributed by atoms with Gasteiger partial charge >= 0.3 is 0 Å². The average molecular weight is 273 g/mol. The number of hydrogen-bond acceptors (Lipinski definition) is 3. The number of hydrogen-bond donors (Lipinski definition) is 2. The molecule has 1 aliphatic heterocycles. The van der Waals surface area contributed by atoms with Crippen LogP contribution in [0.25, 0.3) is 0 Å². The number of rotatable bonds is 4. The lowest BCUT2D eigenvalue weighted by Gasteiger charge is -2.11. The van der Waals surface area contributed by atoms with Crippen molar-refractivity contribution in [3.8, 4) is 0 Å². The molecule has 1 amide bonds. The fourth-order valence-electron chi connectivity index (χ4n) is 2.24. The van der Waals surface area contributed by atoms with Gasteiger partial charge in [-0.05, 0) is 11.6 Å². The van der Waals surface area contributed by atoms with E-state index in [0.29, 0.717) is 6.54 Å². The third kappa shape index (κ3) is 2.66. The highest BCUT2D eigenvalue weighted by Gasteiger charge is 2.28. The maximum Gasteiger partial charge on any atom is 0.228 e. The van der Waals surface area contributed by atoms with Gasteiger partial charge in [-0.1, -0.05) is 18.2 Å². The summed E-state index contributed by atoms with van der Waals surface area (Å²) < 4.78 is 0. The van der Waals surface area contributed by atoms with Crippen LogP contribution in [0.3, 0.4) is 0 Å². The number of nitrogens with zero attached hydrogens (tertiary/aromatic N) is 1. The van der Waals surface area contributed by atoms with Gasteiger partial charge in [-0.2, -0.15) is 0 Å². The summed E-state index contributed by atoms with van der Waals surface area (Å²) in [5.41, 5.74) is 1.16. The predicted molar refractivity (Wildman–Crippen MR) is 75.2 cm³/mol. The van der Waals surface area contributed by atoms with Gasteiger partial charge in [0.25, 0.3) is 0 Å². The quantitative estimate of drug-likeness (QED) is 0.895. The summed E-state index contributed by atoms with van der Waals surface area (Å²) in [5, 5.41) is 2.99. The Balaban J connectivity index is 1.57. The first-order chi connectivity index (χ1) is 9.34. The molecule has 5 heteroatoms. The first-order valence-electron chi connectivity index (χ1n) is 6.32. The van der Waals surface area contributed by atoms with Crippen LogP contribution in [0.2, 0.25) is 0 Å². The number of carbonyl (C=O) groups excluding carboxylic acids is 1. The molecular formula is C14H15N3OS. The van der Waals surface area contributed by atoms with E-state index in [-0.39, 0.29) is 11.8 Å². The zero-order valence-electron chi connectivity index (χ0n) is 10.4. The van der Waals surface area contributed by atoms with Gasteiger partial charge in [0.2, 0.25) is 5.91 Å². The van der Waals surface area contributed by atoms with Crippen molar-refractivity contribution in [1.29, 1.82) is 0 Å². The second-order valence-electron chi connectivity index (χ2n) is 4.48. The number of aromatic amines is 1. The standard InChI is InChI=1S/C14H15N3OS/c18-14(17-6-5-13-15-7-8-16-13)11-9-19-12-4-2-1-3-10(11)12/h1-4,7-8,11H,5-6,9H2,(H,15,16)(H,17,18). The molecule has 0 saturated carbocycles. The molecule has 0 fully saturated rings. The highest BCUT2D eigenvalue weighted by Crippen LogP contribution is 2.39. The molecule has 19 heavy (non-hydrogen) atoms. The van der Waals surface area contributed by atoms with Crippen LogP contribution >= 0.6 is 11.8 Å². The molecule has 1 unspecified atom stereocenters. The Morgan fingerprint density at radius 3 is 3.21 bits per heavy atom. The van der Waals surface area contributed by atoms with Crippen molar-refractivity contribution in [1.82, 2.24) is 15.3 Å². The number of benzene rings is 1. The van der Waals surface area contributed by atoms with Gasteiger partial charge in [0.15, 0.2) is 0 Å². The largest absolute Gasteiger partial charge is 0.355 e.